The maximum absolute atomic E-state index is 12.9. The highest BCUT2D eigenvalue weighted by atomic mass is 16.5. The number of nitrogens with two attached hydrogens (primary N) is 1. The van der Waals surface area contributed by atoms with Gasteiger partial charge in [-0.25, -0.2) is 4.79 Å². The third kappa shape index (κ3) is 40.3. The van der Waals surface area contributed by atoms with Crippen LogP contribution in [-0.2, 0) is 19.1 Å². The lowest BCUT2D eigenvalue weighted by molar-refractivity contribution is -0.150. The first-order valence-corrected chi connectivity index (χ1v) is 24.5. The van der Waals surface area contributed by atoms with E-state index in [1.165, 1.54) is 161 Å². The van der Waals surface area contributed by atoms with E-state index in [2.05, 4.69) is 31.3 Å². The lowest BCUT2D eigenvalue weighted by Crippen LogP contribution is -2.40. The van der Waals surface area contributed by atoms with Gasteiger partial charge in [0.15, 0.2) is 0 Å². The molecule has 0 saturated carbocycles. The maximum atomic E-state index is 12.9. The van der Waals surface area contributed by atoms with E-state index in [0.29, 0.717) is 32.2 Å². The molecule has 0 spiro atoms. The van der Waals surface area contributed by atoms with Gasteiger partial charge >= 0.3 is 11.9 Å². The van der Waals surface area contributed by atoms with Crippen LogP contribution in [0.2, 0.25) is 0 Å². The molecule has 0 saturated heterocycles. The van der Waals surface area contributed by atoms with Crippen molar-refractivity contribution in [1.29, 1.82) is 0 Å². The minimum Gasteiger partial charge on any atom is -0.480 e. The van der Waals surface area contributed by atoms with Crippen LogP contribution in [-0.4, -0.2) is 41.6 Å². The van der Waals surface area contributed by atoms with Crippen LogP contribution >= 0.6 is 0 Å². The normalized spacial score (nSPS) is 12.6. The molecule has 0 aliphatic heterocycles. The number of rotatable bonds is 45. The summed E-state index contributed by atoms with van der Waals surface area (Å²) in [6.45, 7) is 4.97. The van der Waals surface area contributed by atoms with E-state index >= 15 is 0 Å². The fourth-order valence-electron chi connectivity index (χ4n) is 7.62. The molecule has 0 heterocycles. The van der Waals surface area contributed by atoms with Crippen molar-refractivity contribution in [2.45, 2.75) is 276 Å². The number of esters is 1. The van der Waals surface area contributed by atoms with Crippen molar-refractivity contribution in [3.05, 3.63) is 12.2 Å². The molecule has 0 fully saturated rings. The van der Waals surface area contributed by atoms with E-state index in [1.807, 2.05) is 0 Å². The largest absolute Gasteiger partial charge is 0.480 e. The molecular formula is C49H94N2O5. The zero-order valence-electron chi connectivity index (χ0n) is 37.3. The predicted octanol–water partition coefficient (Wildman–Crippen LogP) is 14.2. The second-order valence-electron chi connectivity index (χ2n) is 16.9. The zero-order chi connectivity index (χ0) is 41.0. The summed E-state index contributed by atoms with van der Waals surface area (Å²) in [6.07, 6.45) is 49.8. The Balaban J connectivity index is 4.29. The molecule has 2 atom stereocenters. The Morgan fingerprint density at radius 2 is 0.875 bits per heavy atom. The van der Waals surface area contributed by atoms with Gasteiger partial charge in [-0.2, -0.15) is 0 Å². The highest BCUT2D eigenvalue weighted by Crippen LogP contribution is 2.19. The van der Waals surface area contributed by atoms with Crippen molar-refractivity contribution in [3.63, 3.8) is 0 Å². The molecule has 0 aliphatic carbocycles. The monoisotopic (exact) mass is 791 g/mol. The van der Waals surface area contributed by atoms with Crippen LogP contribution < -0.4 is 11.1 Å². The highest BCUT2D eigenvalue weighted by Gasteiger charge is 2.19. The number of amides is 1. The summed E-state index contributed by atoms with van der Waals surface area (Å²) in [5, 5.41) is 12.0. The Hall–Kier alpha value is -1.89. The Morgan fingerprint density at radius 3 is 1.29 bits per heavy atom. The van der Waals surface area contributed by atoms with Crippen LogP contribution in [0.5, 0.6) is 0 Å². The van der Waals surface area contributed by atoms with Gasteiger partial charge in [-0.1, -0.05) is 187 Å². The number of allylic oxidation sites excluding steroid dienone is 2. The molecule has 7 heteroatoms. The summed E-state index contributed by atoms with van der Waals surface area (Å²) in [4.78, 5) is 36.5. The van der Waals surface area contributed by atoms with Crippen molar-refractivity contribution >= 4 is 17.8 Å². The van der Waals surface area contributed by atoms with Crippen molar-refractivity contribution in [2.75, 3.05) is 6.54 Å². The van der Waals surface area contributed by atoms with Gasteiger partial charge in [0.2, 0.25) is 5.91 Å². The van der Waals surface area contributed by atoms with E-state index in [-0.39, 0.29) is 18.0 Å². The number of carbonyl (C=O) groups excluding carboxylic acids is 2. The van der Waals surface area contributed by atoms with Crippen molar-refractivity contribution in [2.24, 2.45) is 5.73 Å². The first-order chi connectivity index (χ1) is 27.4. The summed E-state index contributed by atoms with van der Waals surface area (Å²) >= 11 is 0. The van der Waals surface area contributed by atoms with Crippen LogP contribution in [0, 0.1) is 0 Å². The smallest absolute Gasteiger partial charge is 0.326 e. The molecule has 330 valence electrons. The second-order valence-corrected chi connectivity index (χ2v) is 16.9. The molecule has 0 aliphatic rings. The molecule has 0 aromatic carbocycles. The second kappa shape index (κ2) is 44.2. The average Bonchev–Trinajstić information content (AvgIpc) is 3.18. The van der Waals surface area contributed by atoms with E-state index in [9.17, 15) is 19.5 Å². The molecule has 0 rings (SSSR count). The van der Waals surface area contributed by atoms with E-state index in [4.69, 9.17) is 10.5 Å². The zero-order valence-corrected chi connectivity index (χ0v) is 37.3. The van der Waals surface area contributed by atoms with Crippen molar-refractivity contribution in [3.8, 4) is 0 Å². The minimum absolute atomic E-state index is 0.0138. The van der Waals surface area contributed by atoms with E-state index < -0.39 is 12.0 Å². The van der Waals surface area contributed by atoms with Gasteiger partial charge in [0.05, 0.1) is 0 Å². The lowest BCUT2D eigenvalue weighted by atomic mass is 10.0. The van der Waals surface area contributed by atoms with Crippen LogP contribution in [0.15, 0.2) is 12.2 Å². The highest BCUT2D eigenvalue weighted by molar-refractivity contribution is 5.83. The number of aliphatic carboxylic acids is 1. The van der Waals surface area contributed by atoms with Crippen LogP contribution in [0.25, 0.3) is 0 Å². The van der Waals surface area contributed by atoms with Gasteiger partial charge in [0, 0.05) is 12.8 Å². The fourth-order valence-corrected chi connectivity index (χ4v) is 7.62. The lowest BCUT2D eigenvalue weighted by Gasteiger charge is -2.18. The van der Waals surface area contributed by atoms with Gasteiger partial charge in [-0.15, -0.1) is 0 Å². The Morgan fingerprint density at radius 1 is 0.500 bits per heavy atom. The minimum atomic E-state index is -1.00. The topological polar surface area (TPSA) is 119 Å². The van der Waals surface area contributed by atoms with Crippen molar-refractivity contribution in [1.82, 2.24) is 5.32 Å². The Bertz CT molecular complexity index is 894. The molecule has 1 amide bonds. The fraction of sp³-hybridized carbons (Fsp3) is 0.898. The molecule has 0 aromatic rings. The number of unbranched alkanes of at least 4 members (excludes halogenated alkanes) is 29. The Kier molecular flexibility index (Phi) is 42.7. The summed E-state index contributed by atoms with van der Waals surface area (Å²) < 4.78 is 6.07. The van der Waals surface area contributed by atoms with Gasteiger partial charge in [0.1, 0.15) is 12.1 Å². The van der Waals surface area contributed by atoms with Crippen molar-refractivity contribution < 1.29 is 24.2 Å². The summed E-state index contributed by atoms with van der Waals surface area (Å²) in [5.41, 5.74) is 5.50. The third-order valence-corrected chi connectivity index (χ3v) is 11.3. The number of carboxylic acid groups (broad SMARTS) is 1. The number of hydrogen-bond donors (Lipinski definition) is 3. The quantitative estimate of drug-likeness (QED) is 0.0321. The summed E-state index contributed by atoms with van der Waals surface area (Å²) in [7, 11) is 0. The van der Waals surface area contributed by atoms with Crippen LogP contribution in [0.3, 0.4) is 0 Å². The maximum Gasteiger partial charge on any atom is 0.326 e. The molecular weight excluding hydrogens is 697 g/mol. The predicted molar refractivity (Wildman–Crippen MR) is 239 cm³/mol. The number of nitrogens with one attached hydrogen (secondary N) is 1. The summed E-state index contributed by atoms with van der Waals surface area (Å²) in [5.74, 6) is -1.22. The van der Waals surface area contributed by atoms with Gasteiger partial charge in [-0.05, 0) is 83.6 Å². The molecule has 56 heavy (non-hydrogen) atoms. The molecule has 0 radical (unpaired) electrons. The van der Waals surface area contributed by atoms with Gasteiger partial charge in [0.25, 0.3) is 0 Å². The third-order valence-electron chi connectivity index (χ3n) is 11.3. The molecule has 2 unspecified atom stereocenters. The molecule has 0 bridgehead atoms. The molecule has 7 nitrogen and oxygen atoms in total. The summed E-state index contributed by atoms with van der Waals surface area (Å²) in [6, 6.07) is -0.855. The molecule has 4 N–H and O–H groups in total. The first kappa shape index (κ1) is 54.1. The van der Waals surface area contributed by atoms with Gasteiger partial charge < -0.3 is 20.9 Å². The Labute approximate surface area is 347 Å². The van der Waals surface area contributed by atoms with Crippen LogP contribution in [0.1, 0.15) is 264 Å². The van der Waals surface area contributed by atoms with Gasteiger partial charge in [-0.3, -0.25) is 9.59 Å². The SMILES string of the molecule is CCCCCCCCC/C=C\CCCCCCCC(=O)OC(CCCCCCCCCCCCCCCC)CCCCCCCC(=O)NC(CCCN)C(=O)O. The van der Waals surface area contributed by atoms with E-state index in [0.717, 1.165) is 64.2 Å². The van der Waals surface area contributed by atoms with E-state index in [1.54, 1.807) is 0 Å². The number of hydrogen-bond acceptors (Lipinski definition) is 5. The number of carbonyl (C=O) groups is 3. The van der Waals surface area contributed by atoms with Crippen LogP contribution in [0.4, 0.5) is 0 Å². The standard InChI is InChI=1S/C49H94N2O5/c1-3-5-7-9-11-13-15-17-19-20-22-24-26-28-33-37-43-48(53)56-45(39-34-30-27-25-23-21-18-16-14-12-10-8-6-4-2)40-35-31-29-32-36-42-47(52)51-46(49(54)55)41-38-44-50/h19-20,45-46H,3-18,21-44,50H2,1-2H3,(H,51,52)(H,54,55)/b20-19-. The number of ether oxygens (including phenoxy) is 1. The molecule has 0 aromatic heterocycles. The number of carboxylic acids is 1. The average molecular weight is 791 g/mol. The first-order valence-electron chi connectivity index (χ1n) is 24.5.